The van der Waals surface area contributed by atoms with Gasteiger partial charge in [-0.25, -0.2) is 9.78 Å². The van der Waals surface area contributed by atoms with Crippen LogP contribution in [0.4, 0.5) is 10.6 Å². The Bertz CT molecular complexity index is 578. The Morgan fingerprint density at radius 1 is 1.42 bits per heavy atom. The minimum absolute atomic E-state index is 0.125. The number of likely N-dealkylation sites (tertiary alicyclic amines) is 1. The van der Waals surface area contributed by atoms with Crippen LogP contribution in [-0.2, 0) is 6.54 Å². The molecule has 24 heavy (non-hydrogen) atoms. The van der Waals surface area contributed by atoms with Gasteiger partial charge in [0.1, 0.15) is 5.82 Å². The van der Waals surface area contributed by atoms with E-state index in [2.05, 4.69) is 15.2 Å². The highest BCUT2D eigenvalue weighted by molar-refractivity contribution is 5.88. The van der Waals surface area contributed by atoms with Gasteiger partial charge in [-0.2, -0.15) is 0 Å². The van der Waals surface area contributed by atoms with E-state index in [1.54, 1.807) is 11.1 Å². The van der Waals surface area contributed by atoms with Gasteiger partial charge in [0.15, 0.2) is 0 Å². The Kier molecular flexibility index (Phi) is 5.06. The number of anilines is 1. The molecule has 1 aromatic rings. The second-order valence-electron chi connectivity index (χ2n) is 7.44. The van der Waals surface area contributed by atoms with E-state index in [0.29, 0.717) is 37.7 Å². The molecule has 132 valence electrons. The summed E-state index contributed by atoms with van der Waals surface area (Å²) in [5.41, 5.74) is 0.558. The van der Waals surface area contributed by atoms with Crippen molar-refractivity contribution in [1.29, 1.82) is 0 Å². The summed E-state index contributed by atoms with van der Waals surface area (Å²) in [6.45, 7) is 2.02. The number of rotatable bonds is 4. The van der Waals surface area contributed by atoms with Crippen LogP contribution >= 0.6 is 0 Å². The highest BCUT2D eigenvalue weighted by Crippen LogP contribution is 2.41. The zero-order valence-corrected chi connectivity index (χ0v) is 14.7. The lowest BCUT2D eigenvalue weighted by atomic mass is 9.69. The number of pyridine rings is 1. The van der Waals surface area contributed by atoms with E-state index in [1.807, 2.05) is 26.2 Å². The topological polar surface area (TPSA) is 68.7 Å². The van der Waals surface area contributed by atoms with Gasteiger partial charge in [0.2, 0.25) is 0 Å². The van der Waals surface area contributed by atoms with E-state index in [1.165, 1.54) is 6.42 Å². The molecule has 1 aliphatic carbocycles. The average Bonchev–Trinajstić information content (AvgIpc) is 2.45. The smallest absolute Gasteiger partial charge is 0.323 e. The molecule has 6 heteroatoms. The van der Waals surface area contributed by atoms with Crippen LogP contribution in [0.3, 0.4) is 0 Å². The Morgan fingerprint density at radius 3 is 2.71 bits per heavy atom. The molecule has 2 heterocycles. The van der Waals surface area contributed by atoms with Gasteiger partial charge in [0, 0.05) is 25.8 Å². The summed E-state index contributed by atoms with van der Waals surface area (Å²) in [6.07, 6.45) is 6.57. The molecule has 1 saturated heterocycles. The van der Waals surface area contributed by atoms with Crippen molar-refractivity contribution in [2.45, 2.75) is 44.2 Å². The number of aliphatic hydroxyl groups is 1. The van der Waals surface area contributed by atoms with Gasteiger partial charge < -0.3 is 14.9 Å². The number of hydrogen-bond donors (Lipinski definition) is 2. The predicted molar refractivity (Wildman–Crippen MR) is 93.7 cm³/mol. The van der Waals surface area contributed by atoms with Crippen molar-refractivity contribution < 1.29 is 9.90 Å². The van der Waals surface area contributed by atoms with E-state index in [0.717, 1.165) is 24.9 Å². The van der Waals surface area contributed by atoms with Crippen LogP contribution in [0.25, 0.3) is 0 Å². The van der Waals surface area contributed by atoms with Crippen LogP contribution in [0, 0.1) is 5.92 Å². The molecule has 2 aliphatic rings. The minimum atomic E-state index is -0.557. The number of nitrogens with zero attached hydrogens (tertiary/aromatic N) is 3. The normalized spacial score (nSPS) is 20.8. The summed E-state index contributed by atoms with van der Waals surface area (Å²) < 4.78 is 0. The summed E-state index contributed by atoms with van der Waals surface area (Å²) >= 11 is 0. The van der Waals surface area contributed by atoms with Crippen LogP contribution in [0.5, 0.6) is 0 Å². The molecule has 2 N–H and O–H groups in total. The molecule has 3 rings (SSSR count). The standard InChI is InChI=1S/C18H28N4O2/c1-21(2)13-14-6-9-19-16(12-14)20-17(23)22-10-7-18(24,8-11-22)15-4-3-5-15/h6,9,12,15,24H,3-5,7-8,10-11,13H2,1-2H3,(H,19,20,23). The number of urea groups is 1. The second-order valence-corrected chi connectivity index (χ2v) is 7.44. The van der Waals surface area contributed by atoms with E-state index >= 15 is 0 Å². The fourth-order valence-corrected chi connectivity index (χ4v) is 3.65. The molecule has 0 atom stereocenters. The van der Waals surface area contributed by atoms with E-state index in [-0.39, 0.29) is 6.03 Å². The van der Waals surface area contributed by atoms with Crippen molar-refractivity contribution in [3.05, 3.63) is 23.9 Å². The maximum atomic E-state index is 12.4. The Hall–Kier alpha value is -1.66. The largest absolute Gasteiger partial charge is 0.389 e. The SMILES string of the molecule is CN(C)Cc1ccnc(NC(=O)N2CCC(O)(C3CCC3)CC2)c1. The summed E-state index contributed by atoms with van der Waals surface area (Å²) in [5, 5.41) is 13.6. The number of aromatic nitrogens is 1. The fourth-order valence-electron chi connectivity index (χ4n) is 3.65. The number of carbonyl (C=O) groups excluding carboxylic acids is 1. The molecule has 0 radical (unpaired) electrons. The lowest BCUT2D eigenvalue weighted by Crippen LogP contribution is -2.52. The maximum absolute atomic E-state index is 12.4. The lowest BCUT2D eigenvalue weighted by Gasteiger charge is -2.46. The molecule has 2 amide bonds. The third-order valence-electron chi connectivity index (χ3n) is 5.34. The van der Waals surface area contributed by atoms with Crippen LogP contribution in [-0.4, -0.2) is 58.7 Å². The Morgan fingerprint density at radius 2 is 2.12 bits per heavy atom. The summed E-state index contributed by atoms with van der Waals surface area (Å²) in [7, 11) is 4.02. The summed E-state index contributed by atoms with van der Waals surface area (Å²) in [5.74, 6) is 1.02. The van der Waals surface area contributed by atoms with Crippen molar-refractivity contribution in [3.8, 4) is 0 Å². The van der Waals surface area contributed by atoms with Crippen molar-refractivity contribution in [2.24, 2.45) is 5.92 Å². The first kappa shape index (κ1) is 17.2. The Balaban J connectivity index is 1.54. The van der Waals surface area contributed by atoms with Crippen molar-refractivity contribution in [2.75, 3.05) is 32.5 Å². The molecule has 0 unspecified atom stereocenters. The van der Waals surface area contributed by atoms with Crippen LogP contribution < -0.4 is 5.32 Å². The fraction of sp³-hybridized carbons (Fsp3) is 0.667. The van der Waals surface area contributed by atoms with Gasteiger partial charge in [0.25, 0.3) is 0 Å². The van der Waals surface area contributed by atoms with Crippen LogP contribution in [0.1, 0.15) is 37.7 Å². The van der Waals surface area contributed by atoms with Gasteiger partial charge in [-0.3, -0.25) is 5.32 Å². The highest BCUT2D eigenvalue weighted by Gasteiger charge is 2.42. The first-order valence-electron chi connectivity index (χ1n) is 8.84. The van der Waals surface area contributed by atoms with Crippen LogP contribution in [0.2, 0.25) is 0 Å². The average molecular weight is 332 g/mol. The zero-order valence-electron chi connectivity index (χ0n) is 14.7. The molecule has 1 aromatic heterocycles. The second kappa shape index (κ2) is 7.07. The van der Waals surface area contributed by atoms with Gasteiger partial charge in [-0.1, -0.05) is 6.42 Å². The first-order valence-corrected chi connectivity index (χ1v) is 8.84. The number of piperidine rings is 1. The minimum Gasteiger partial charge on any atom is -0.389 e. The zero-order chi connectivity index (χ0) is 17.2. The van der Waals surface area contributed by atoms with Crippen LogP contribution in [0.15, 0.2) is 18.3 Å². The molecular weight excluding hydrogens is 304 g/mol. The number of nitrogens with one attached hydrogen (secondary N) is 1. The van der Waals surface area contributed by atoms with E-state index < -0.39 is 5.60 Å². The van der Waals surface area contributed by atoms with Crippen molar-refractivity contribution >= 4 is 11.8 Å². The molecule has 0 spiro atoms. The third-order valence-corrected chi connectivity index (χ3v) is 5.34. The molecule has 2 fully saturated rings. The van der Waals surface area contributed by atoms with E-state index in [4.69, 9.17) is 0 Å². The molecule has 0 bridgehead atoms. The summed E-state index contributed by atoms with van der Waals surface area (Å²) in [6, 6.07) is 3.74. The monoisotopic (exact) mass is 332 g/mol. The predicted octanol–water partition coefficient (Wildman–Crippen LogP) is 2.30. The molecular formula is C18H28N4O2. The van der Waals surface area contributed by atoms with Gasteiger partial charge in [-0.15, -0.1) is 0 Å². The number of amides is 2. The molecule has 1 aliphatic heterocycles. The third kappa shape index (κ3) is 3.87. The van der Waals surface area contributed by atoms with Crippen molar-refractivity contribution in [3.63, 3.8) is 0 Å². The van der Waals surface area contributed by atoms with Gasteiger partial charge >= 0.3 is 6.03 Å². The number of hydrogen-bond acceptors (Lipinski definition) is 4. The first-order chi connectivity index (χ1) is 11.5. The lowest BCUT2D eigenvalue weighted by molar-refractivity contribution is -0.0845. The van der Waals surface area contributed by atoms with Gasteiger partial charge in [-0.05, 0) is 63.4 Å². The highest BCUT2D eigenvalue weighted by atomic mass is 16.3. The van der Waals surface area contributed by atoms with Gasteiger partial charge in [0.05, 0.1) is 5.60 Å². The Labute approximate surface area is 143 Å². The van der Waals surface area contributed by atoms with Crippen molar-refractivity contribution in [1.82, 2.24) is 14.8 Å². The number of carbonyl (C=O) groups is 1. The molecule has 1 saturated carbocycles. The quantitative estimate of drug-likeness (QED) is 0.888. The molecule has 0 aromatic carbocycles. The van der Waals surface area contributed by atoms with E-state index in [9.17, 15) is 9.90 Å². The molecule has 6 nitrogen and oxygen atoms in total. The summed E-state index contributed by atoms with van der Waals surface area (Å²) in [4.78, 5) is 20.5. The maximum Gasteiger partial charge on any atom is 0.323 e.